The Bertz CT molecular complexity index is 1270. The van der Waals surface area contributed by atoms with Gasteiger partial charge in [-0.1, -0.05) is 0 Å². The zero-order valence-corrected chi connectivity index (χ0v) is 19.7. The third-order valence-corrected chi connectivity index (χ3v) is 6.72. The van der Waals surface area contributed by atoms with Gasteiger partial charge in [-0.2, -0.15) is 10.4 Å². The minimum Gasteiger partial charge on any atom is -0.337 e. The number of amides is 3. The van der Waals surface area contributed by atoms with Gasteiger partial charge < -0.3 is 14.7 Å². The zero-order valence-electron chi connectivity index (χ0n) is 19.7. The van der Waals surface area contributed by atoms with Gasteiger partial charge in [-0.25, -0.2) is 32.9 Å². The fraction of sp³-hybridized carbons (Fsp3) is 0.417. The van der Waals surface area contributed by atoms with Gasteiger partial charge in [-0.15, -0.1) is 0 Å². The molecule has 0 radical (unpaired) electrons. The van der Waals surface area contributed by atoms with Crippen molar-refractivity contribution in [1.82, 2.24) is 24.8 Å². The van der Waals surface area contributed by atoms with Crippen molar-refractivity contribution >= 4 is 24.1 Å². The average molecular weight is 512 g/mol. The Kier molecular flexibility index (Phi) is 6.64. The average Bonchev–Trinajstić information content (AvgIpc) is 3.58. The molecule has 0 aliphatic carbocycles. The number of hydrazone groups is 1. The SMILES string of the molecule is N#C[C@H]1CCN(C(=O)c2nc(N3CCN(C(=O)N4N=CCC4c4cc(F)cc(F)c4)CC3)ncc2F)C1. The summed E-state index contributed by atoms with van der Waals surface area (Å²) in [5.41, 5.74) is -0.0309. The highest BCUT2D eigenvalue weighted by Gasteiger charge is 2.34. The summed E-state index contributed by atoms with van der Waals surface area (Å²) < 4.78 is 41.9. The van der Waals surface area contributed by atoms with Gasteiger partial charge in [0.05, 0.1) is 24.2 Å². The zero-order chi connectivity index (χ0) is 26.1. The molecule has 10 nitrogen and oxygen atoms in total. The van der Waals surface area contributed by atoms with E-state index in [0.29, 0.717) is 38.0 Å². The van der Waals surface area contributed by atoms with Crippen molar-refractivity contribution in [3.63, 3.8) is 0 Å². The van der Waals surface area contributed by atoms with Crippen LogP contribution in [0.2, 0.25) is 0 Å². The number of nitriles is 1. The van der Waals surface area contributed by atoms with E-state index in [1.165, 1.54) is 28.3 Å². The van der Waals surface area contributed by atoms with Gasteiger partial charge in [0.2, 0.25) is 5.95 Å². The summed E-state index contributed by atoms with van der Waals surface area (Å²) in [6.45, 7) is 1.78. The highest BCUT2D eigenvalue weighted by Crippen LogP contribution is 2.30. The molecule has 4 heterocycles. The van der Waals surface area contributed by atoms with Crippen LogP contribution in [0.1, 0.15) is 34.9 Å². The molecule has 37 heavy (non-hydrogen) atoms. The topological polar surface area (TPSA) is 109 Å². The molecule has 0 spiro atoms. The maximum atomic E-state index is 14.4. The first-order valence-electron chi connectivity index (χ1n) is 11.9. The molecule has 1 unspecified atom stereocenters. The van der Waals surface area contributed by atoms with E-state index in [4.69, 9.17) is 5.26 Å². The van der Waals surface area contributed by atoms with Gasteiger partial charge in [0.25, 0.3) is 5.91 Å². The summed E-state index contributed by atoms with van der Waals surface area (Å²) in [4.78, 5) is 38.9. The van der Waals surface area contributed by atoms with Crippen LogP contribution < -0.4 is 4.90 Å². The smallest absolute Gasteiger partial charge is 0.337 e. The standard InChI is InChI=1S/C24H23F3N8O2/c25-17-9-16(10-18(26)11-17)20-1-3-30-35(20)24(37)33-7-5-32(6-8-33)23-29-13-19(27)21(31-23)22(36)34-4-2-15(12-28)14-34/h3,9-11,13,15,20H,1-2,4-8,14H2/t15-,20?/m1/s1. The number of carbonyl (C=O) groups is 2. The van der Waals surface area contributed by atoms with Crippen LogP contribution >= 0.6 is 0 Å². The van der Waals surface area contributed by atoms with E-state index in [9.17, 15) is 22.8 Å². The molecule has 1 aromatic heterocycles. The van der Waals surface area contributed by atoms with Gasteiger partial charge >= 0.3 is 6.03 Å². The lowest BCUT2D eigenvalue weighted by Gasteiger charge is -2.37. The van der Waals surface area contributed by atoms with Gasteiger partial charge in [0.1, 0.15) is 11.6 Å². The van der Waals surface area contributed by atoms with Crippen LogP contribution in [-0.4, -0.2) is 82.2 Å². The fourth-order valence-corrected chi connectivity index (χ4v) is 4.75. The number of rotatable bonds is 3. The molecule has 2 fully saturated rings. The molecule has 1 aromatic carbocycles. The second-order valence-corrected chi connectivity index (χ2v) is 9.09. The Morgan fingerprint density at radius 2 is 1.73 bits per heavy atom. The monoisotopic (exact) mass is 512 g/mol. The summed E-state index contributed by atoms with van der Waals surface area (Å²) in [6, 6.07) is 4.25. The maximum Gasteiger partial charge on any atom is 0.341 e. The van der Waals surface area contributed by atoms with Gasteiger partial charge in [0.15, 0.2) is 11.5 Å². The van der Waals surface area contributed by atoms with Crippen LogP contribution in [0.5, 0.6) is 0 Å². The summed E-state index contributed by atoms with van der Waals surface area (Å²) in [5, 5.41) is 14.4. The second-order valence-electron chi connectivity index (χ2n) is 9.09. The van der Waals surface area contributed by atoms with Crippen LogP contribution in [0.25, 0.3) is 0 Å². The molecule has 3 aliphatic heterocycles. The predicted octanol–water partition coefficient (Wildman–Crippen LogP) is 2.55. The third-order valence-electron chi connectivity index (χ3n) is 6.72. The predicted molar refractivity (Wildman–Crippen MR) is 125 cm³/mol. The number of hydrogen-bond donors (Lipinski definition) is 0. The van der Waals surface area contributed by atoms with E-state index < -0.39 is 35.4 Å². The fourth-order valence-electron chi connectivity index (χ4n) is 4.75. The number of carbonyl (C=O) groups excluding carboxylic acids is 2. The van der Waals surface area contributed by atoms with Gasteiger partial charge in [-0.3, -0.25) is 4.79 Å². The van der Waals surface area contributed by atoms with Crippen molar-refractivity contribution in [2.24, 2.45) is 11.0 Å². The first-order valence-corrected chi connectivity index (χ1v) is 11.9. The lowest BCUT2D eigenvalue weighted by molar-refractivity contribution is 0.0778. The number of piperazine rings is 1. The lowest BCUT2D eigenvalue weighted by atomic mass is 10.0. The van der Waals surface area contributed by atoms with Crippen LogP contribution in [0.15, 0.2) is 29.5 Å². The van der Waals surface area contributed by atoms with Crippen LogP contribution in [0.3, 0.4) is 0 Å². The van der Waals surface area contributed by atoms with Crippen molar-refractivity contribution in [2.45, 2.75) is 18.9 Å². The molecular formula is C24H23F3N8O2. The molecular weight excluding hydrogens is 489 g/mol. The first kappa shape index (κ1) is 24.5. The molecule has 3 amide bonds. The van der Waals surface area contributed by atoms with Crippen LogP contribution in [-0.2, 0) is 0 Å². The van der Waals surface area contributed by atoms with E-state index in [2.05, 4.69) is 21.1 Å². The molecule has 0 N–H and O–H groups in total. The van der Waals surface area contributed by atoms with E-state index in [-0.39, 0.29) is 37.2 Å². The van der Waals surface area contributed by atoms with Gasteiger partial charge in [0, 0.05) is 58.0 Å². The van der Waals surface area contributed by atoms with E-state index >= 15 is 0 Å². The summed E-state index contributed by atoms with van der Waals surface area (Å²) in [7, 11) is 0. The molecule has 192 valence electrons. The van der Waals surface area contributed by atoms with Gasteiger partial charge in [-0.05, 0) is 24.1 Å². The summed E-state index contributed by atoms with van der Waals surface area (Å²) >= 11 is 0. The van der Waals surface area contributed by atoms with E-state index in [1.54, 1.807) is 9.80 Å². The number of nitrogens with zero attached hydrogens (tertiary/aromatic N) is 8. The number of likely N-dealkylation sites (tertiary alicyclic amines) is 1. The molecule has 2 aromatic rings. The maximum absolute atomic E-state index is 14.4. The van der Waals surface area contributed by atoms with Crippen LogP contribution in [0.4, 0.5) is 23.9 Å². The summed E-state index contributed by atoms with van der Waals surface area (Å²) in [6.07, 6.45) is 3.35. The second kappa shape index (κ2) is 10.0. The lowest BCUT2D eigenvalue weighted by Crippen LogP contribution is -2.52. The first-order chi connectivity index (χ1) is 17.8. The Labute approximate surface area is 210 Å². The van der Waals surface area contributed by atoms with Crippen molar-refractivity contribution < 1.29 is 22.8 Å². The summed E-state index contributed by atoms with van der Waals surface area (Å²) in [5.74, 6) is -2.99. The highest BCUT2D eigenvalue weighted by molar-refractivity contribution is 5.93. The molecule has 2 saturated heterocycles. The Hall–Kier alpha value is -4.21. The molecule has 3 aliphatic rings. The van der Waals surface area contributed by atoms with Crippen LogP contribution in [0, 0.1) is 34.7 Å². The number of aromatic nitrogens is 2. The number of halogens is 3. The normalized spacial score (nSPS) is 21.5. The Balaban J connectivity index is 1.24. The van der Waals surface area contributed by atoms with Crippen molar-refractivity contribution in [3.8, 4) is 6.07 Å². The minimum atomic E-state index is -0.838. The van der Waals surface area contributed by atoms with Crippen molar-refractivity contribution in [2.75, 3.05) is 44.2 Å². The Morgan fingerprint density at radius 3 is 2.41 bits per heavy atom. The molecule has 0 saturated carbocycles. The molecule has 0 bridgehead atoms. The molecule has 2 atom stereocenters. The Morgan fingerprint density at radius 1 is 1.00 bits per heavy atom. The largest absolute Gasteiger partial charge is 0.341 e. The number of hydrogen-bond acceptors (Lipinski definition) is 7. The molecule has 5 rings (SSSR count). The van der Waals surface area contributed by atoms with E-state index in [1.807, 2.05) is 0 Å². The quantitative estimate of drug-likeness (QED) is 0.626. The molecule has 13 heteroatoms. The highest BCUT2D eigenvalue weighted by atomic mass is 19.1. The number of urea groups is 1. The van der Waals surface area contributed by atoms with Crippen molar-refractivity contribution in [1.29, 1.82) is 5.26 Å². The minimum absolute atomic E-state index is 0.167. The van der Waals surface area contributed by atoms with Crippen molar-refractivity contribution in [3.05, 3.63) is 53.1 Å². The number of benzene rings is 1. The van der Waals surface area contributed by atoms with E-state index in [0.717, 1.165) is 12.3 Å². The number of anilines is 1. The third kappa shape index (κ3) is 4.91.